The van der Waals surface area contributed by atoms with E-state index in [1.807, 2.05) is 31.1 Å². The third-order valence-corrected chi connectivity index (χ3v) is 4.06. The van der Waals surface area contributed by atoms with Crippen molar-refractivity contribution in [2.45, 2.75) is 12.5 Å². The van der Waals surface area contributed by atoms with E-state index in [-0.39, 0.29) is 11.9 Å². The van der Waals surface area contributed by atoms with Crippen molar-refractivity contribution in [2.24, 2.45) is 0 Å². The van der Waals surface area contributed by atoms with Crippen molar-refractivity contribution in [1.29, 1.82) is 0 Å². The second kappa shape index (κ2) is 7.35. The Morgan fingerprint density at radius 2 is 2.12 bits per heavy atom. The fourth-order valence-corrected chi connectivity index (χ4v) is 2.73. The number of nitrogens with one attached hydrogen (secondary N) is 2. The van der Waals surface area contributed by atoms with Gasteiger partial charge in [-0.15, -0.1) is 0 Å². The minimum absolute atomic E-state index is 0.0605. The molecule has 2 N–H and O–H groups in total. The lowest BCUT2D eigenvalue weighted by Gasteiger charge is -2.25. The first-order chi connectivity index (χ1) is 12.0. The molecule has 0 saturated heterocycles. The number of aromatic nitrogens is 1. The summed E-state index contributed by atoms with van der Waals surface area (Å²) in [5.74, 6) is -0.395. The number of carbonyl (C=O) groups is 2. The van der Waals surface area contributed by atoms with Gasteiger partial charge in [0.1, 0.15) is 12.0 Å². The van der Waals surface area contributed by atoms with Crippen LogP contribution in [0.5, 0.6) is 5.75 Å². The Balaban J connectivity index is 1.62. The molecule has 8 nitrogen and oxygen atoms in total. The van der Waals surface area contributed by atoms with Crippen LogP contribution < -0.4 is 15.4 Å². The molecule has 0 aliphatic carbocycles. The molecule has 3 rings (SSSR count). The van der Waals surface area contributed by atoms with E-state index in [9.17, 15) is 9.59 Å². The van der Waals surface area contributed by atoms with Crippen LogP contribution >= 0.6 is 0 Å². The first kappa shape index (κ1) is 17.0. The van der Waals surface area contributed by atoms with E-state index in [1.165, 1.54) is 17.9 Å². The maximum atomic E-state index is 12.0. The molecule has 2 heterocycles. The molecule has 1 atom stereocenters. The molecule has 0 saturated carbocycles. The van der Waals surface area contributed by atoms with E-state index in [0.29, 0.717) is 13.2 Å². The topological polar surface area (TPSA) is 96.7 Å². The lowest BCUT2D eigenvalue weighted by molar-refractivity contribution is -0.136. The van der Waals surface area contributed by atoms with Crippen LogP contribution in [0.1, 0.15) is 17.2 Å². The third-order valence-electron chi connectivity index (χ3n) is 4.06. The van der Waals surface area contributed by atoms with E-state index in [1.54, 1.807) is 0 Å². The highest BCUT2D eigenvalue weighted by atomic mass is 16.5. The molecule has 132 valence electrons. The van der Waals surface area contributed by atoms with Crippen LogP contribution in [-0.2, 0) is 16.0 Å². The summed E-state index contributed by atoms with van der Waals surface area (Å²) in [6.45, 7) is 1.00. The van der Waals surface area contributed by atoms with E-state index in [2.05, 4.69) is 26.4 Å². The summed E-state index contributed by atoms with van der Waals surface area (Å²) in [6.07, 6.45) is 2.20. The lowest BCUT2D eigenvalue weighted by Crippen LogP contribution is -2.40. The monoisotopic (exact) mass is 344 g/mol. The number of anilines is 1. The van der Waals surface area contributed by atoms with Gasteiger partial charge < -0.3 is 19.5 Å². The Kier molecular flexibility index (Phi) is 4.99. The predicted molar refractivity (Wildman–Crippen MR) is 90.2 cm³/mol. The molecule has 2 amide bonds. The molecular weight excluding hydrogens is 324 g/mol. The first-order valence-corrected chi connectivity index (χ1v) is 7.96. The minimum atomic E-state index is -0.784. The molecule has 0 spiro atoms. The summed E-state index contributed by atoms with van der Waals surface area (Å²) in [5, 5.41) is 8.56. The molecule has 0 radical (unpaired) electrons. The zero-order valence-corrected chi connectivity index (χ0v) is 14.1. The van der Waals surface area contributed by atoms with Gasteiger partial charge in [-0.1, -0.05) is 17.3 Å². The largest absolute Gasteiger partial charge is 0.493 e. The van der Waals surface area contributed by atoms with Gasteiger partial charge in [0.25, 0.3) is 0 Å². The van der Waals surface area contributed by atoms with Gasteiger partial charge in [0.15, 0.2) is 5.82 Å². The molecule has 1 aliphatic rings. The van der Waals surface area contributed by atoms with Crippen LogP contribution in [0.15, 0.2) is 35.1 Å². The highest BCUT2D eigenvalue weighted by Crippen LogP contribution is 2.29. The molecular formula is C17H20N4O4. The number of benzene rings is 1. The van der Waals surface area contributed by atoms with Crippen LogP contribution in [0, 0.1) is 0 Å². The summed E-state index contributed by atoms with van der Waals surface area (Å²) in [7, 11) is 3.85. The number of likely N-dealkylation sites (N-methyl/N-ethyl adjacent to an activating group) is 1. The number of amides is 2. The van der Waals surface area contributed by atoms with E-state index < -0.39 is 11.8 Å². The number of nitrogens with zero attached hydrogens (tertiary/aromatic N) is 2. The van der Waals surface area contributed by atoms with E-state index >= 15 is 0 Å². The molecule has 0 bridgehead atoms. The quantitative estimate of drug-likeness (QED) is 0.785. The normalized spacial score (nSPS) is 13.9. The molecule has 0 fully saturated rings. The fraction of sp³-hybridized carbons (Fsp3) is 0.353. The van der Waals surface area contributed by atoms with Crippen LogP contribution in [-0.4, -0.2) is 49.1 Å². The van der Waals surface area contributed by atoms with Gasteiger partial charge >= 0.3 is 11.8 Å². The van der Waals surface area contributed by atoms with Crippen LogP contribution in [0.3, 0.4) is 0 Å². The summed E-state index contributed by atoms with van der Waals surface area (Å²) >= 11 is 0. The van der Waals surface area contributed by atoms with Crippen LogP contribution in [0.4, 0.5) is 5.82 Å². The zero-order valence-electron chi connectivity index (χ0n) is 14.1. The van der Waals surface area contributed by atoms with Gasteiger partial charge in [-0.25, -0.2) is 0 Å². The smallest absolute Gasteiger partial charge is 0.314 e. The number of hydrogen-bond donors (Lipinski definition) is 2. The number of rotatable bonds is 5. The SMILES string of the molecule is CN(C)[C@@H](CNC(=O)C(=O)Nc1ccon1)c1ccc2c(c1)CCO2. The standard InChI is InChI=1S/C17H20N4O4/c1-21(2)13(11-3-4-14-12(9-11)5-7-24-14)10-18-16(22)17(23)19-15-6-8-25-20-15/h3-4,6,8-9,13H,5,7,10H2,1-2H3,(H,18,22)(H,19,20,23)/t13-/m0/s1. The second-order valence-corrected chi connectivity index (χ2v) is 5.99. The van der Waals surface area contributed by atoms with Crippen molar-refractivity contribution in [3.05, 3.63) is 41.7 Å². The van der Waals surface area contributed by atoms with Gasteiger partial charge in [-0.3, -0.25) is 14.9 Å². The Labute approximate surface area is 145 Å². The molecule has 25 heavy (non-hydrogen) atoms. The highest BCUT2D eigenvalue weighted by Gasteiger charge is 2.21. The Morgan fingerprint density at radius 3 is 2.84 bits per heavy atom. The molecule has 0 unspecified atom stereocenters. The van der Waals surface area contributed by atoms with Crippen molar-refractivity contribution in [3.63, 3.8) is 0 Å². The number of hydrogen-bond acceptors (Lipinski definition) is 6. The molecule has 1 aromatic heterocycles. The maximum Gasteiger partial charge on any atom is 0.314 e. The Morgan fingerprint density at radius 1 is 1.28 bits per heavy atom. The summed E-state index contributed by atoms with van der Waals surface area (Å²) in [5.41, 5.74) is 2.23. The molecule has 1 aliphatic heterocycles. The summed E-state index contributed by atoms with van der Waals surface area (Å²) in [6, 6.07) is 7.42. The molecule has 8 heteroatoms. The average Bonchev–Trinajstić information content (AvgIpc) is 3.25. The summed E-state index contributed by atoms with van der Waals surface area (Å²) < 4.78 is 10.1. The van der Waals surface area contributed by atoms with Gasteiger partial charge in [0.05, 0.1) is 12.6 Å². The fourth-order valence-electron chi connectivity index (χ4n) is 2.73. The van der Waals surface area contributed by atoms with Crippen molar-refractivity contribution in [2.75, 3.05) is 32.6 Å². The van der Waals surface area contributed by atoms with Crippen LogP contribution in [0.2, 0.25) is 0 Å². The molecule has 2 aromatic rings. The van der Waals surface area contributed by atoms with Gasteiger partial charge in [0.2, 0.25) is 0 Å². The third kappa shape index (κ3) is 3.97. The van der Waals surface area contributed by atoms with Crippen molar-refractivity contribution in [1.82, 2.24) is 15.4 Å². The second-order valence-electron chi connectivity index (χ2n) is 5.99. The van der Waals surface area contributed by atoms with Crippen molar-refractivity contribution >= 4 is 17.6 Å². The number of carbonyl (C=O) groups excluding carboxylic acids is 2. The predicted octanol–water partition coefficient (Wildman–Crippen LogP) is 0.967. The lowest BCUT2D eigenvalue weighted by atomic mass is 10.0. The Bertz CT molecular complexity index is 758. The molecule has 1 aromatic carbocycles. The van der Waals surface area contributed by atoms with Crippen molar-refractivity contribution in [3.8, 4) is 5.75 Å². The van der Waals surface area contributed by atoms with Crippen LogP contribution in [0.25, 0.3) is 0 Å². The first-order valence-electron chi connectivity index (χ1n) is 7.96. The van der Waals surface area contributed by atoms with E-state index in [4.69, 9.17) is 4.74 Å². The minimum Gasteiger partial charge on any atom is -0.493 e. The Hall–Kier alpha value is -2.87. The summed E-state index contributed by atoms with van der Waals surface area (Å²) in [4.78, 5) is 25.8. The maximum absolute atomic E-state index is 12.0. The van der Waals surface area contributed by atoms with Gasteiger partial charge in [-0.2, -0.15) is 0 Å². The van der Waals surface area contributed by atoms with Crippen molar-refractivity contribution < 1.29 is 18.8 Å². The van der Waals surface area contributed by atoms with Gasteiger partial charge in [0, 0.05) is 19.0 Å². The van der Waals surface area contributed by atoms with Gasteiger partial charge in [-0.05, 0) is 31.3 Å². The zero-order chi connectivity index (χ0) is 17.8. The van der Waals surface area contributed by atoms with E-state index in [0.717, 1.165) is 17.7 Å². The average molecular weight is 344 g/mol. The number of fused-ring (bicyclic) bond motifs is 1. The number of ether oxygens (including phenoxy) is 1. The highest BCUT2D eigenvalue weighted by molar-refractivity contribution is 6.39.